The van der Waals surface area contributed by atoms with Crippen molar-refractivity contribution in [3.63, 3.8) is 0 Å². The smallest absolute Gasteiger partial charge is 0.226 e. The van der Waals surface area contributed by atoms with E-state index >= 15 is 0 Å². The Bertz CT molecular complexity index is 364. The number of likely N-dealkylation sites (N-methyl/N-ethyl adjacent to an activating group) is 1. The maximum absolute atomic E-state index is 11.8. The van der Waals surface area contributed by atoms with Gasteiger partial charge in [-0.2, -0.15) is 0 Å². The minimum atomic E-state index is -0.512. The molecule has 1 atom stereocenters. The molecule has 4 nitrogen and oxygen atoms in total. The Labute approximate surface area is 95.7 Å². The fourth-order valence-electron chi connectivity index (χ4n) is 1.49. The van der Waals surface area contributed by atoms with Gasteiger partial charge in [0.2, 0.25) is 5.91 Å². The van der Waals surface area contributed by atoms with E-state index in [2.05, 4.69) is 0 Å². The molecule has 16 heavy (non-hydrogen) atoms. The van der Waals surface area contributed by atoms with Gasteiger partial charge in [0.25, 0.3) is 0 Å². The molecule has 0 aliphatic heterocycles. The van der Waals surface area contributed by atoms with Crippen molar-refractivity contribution in [2.45, 2.75) is 19.4 Å². The zero-order valence-corrected chi connectivity index (χ0v) is 9.68. The number of nitrogens with two attached hydrogens (primary N) is 1. The second-order valence-electron chi connectivity index (χ2n) is 4.00. The van der Waals surface area contributed by atoms with Crippen molar-refractivity contribution in [2.75, 3.05) is 19.3 Å². The summed E-state index contributed by atoms with van der Waals surface area (Å²) in [5.41, 5.74) is 7.20. The van der Waals surface area contributed by atoms with E-state index in [1.807, 2.05) is 18.2 Å². The minimum absolute atomic E-state index is 0.0428. The summed E-state index contributed by atoms with van der Waals surface area (Å²) in [5.74, 6) is -0.0428. The summed E-state index contributed by atoms with van der Waals surface area (Å²) in [5, 5.41) is 9.17. The molecule has 0 aliphatic carbocycles. The molecular weight excluding hydrogens is 204 g/mol. The normalized spacial score (nSPS) is 12.2. The second-order valence-corrected chi connectivity index (χ2v) is 4.00. The molecule has 1 unspecified atom stereocenters. The van der Waals surface area contributed by atoms with E-state index < -0.39 is 6.10 Å². The lowest BCUT2D eigenvalue weighted by molar-refractivity contribution is -0.130. The highest BCUT2D eigenvalue weighted by molar-refractivity contribution is 5.80. The number of carbonyl (C=O) groups is 1. The van der Waals surface area contributed by atoms with Gasteiger partial charge >= 0.3 is 0 Å². The molecule has 4 heteroatoms. The Morgan fingerprint density at radius 1 is 1.50 bits per heavy atom. The SMILES string of the molecule is CC(O)CN(C)C(=O)Cc1ccccc1N. The zero-order chi connectivity index (χ0) is 12.1. The van der Waals surface area contributed by atoms with Crippen LogP contribution in [-0.4, -0.2) is 35.6 Å². The summed E-state index contributed by atoms with van der Waals surface area (Å²) in [6.07, 6.45) is -0.238. The maximum atomic E-state index is 11.8. The molecule has 1 aromatic rings. The number of hydrogen-bond donors (Lipinski definition) is 2. The first-order valence-electron chi connectivity index (χ1n) is 5.26. The van der Waals surface area contributed by atoms with Crippen LogP contribution in [0.15, 0.2) is 24.3 Å². The molecule has 0 radical (unpaired) electrons. The van der Waals surface area contributed by atoms with Gasteiger partial charge in [-0.1, -0.05) is 18.2 Å². The predicted molar refractivity (Wildman–Crippen MR) is 63.9 cm³/mol. The number of para-hydroxylation sites is 1. The van der Waals surface area contributed by atoms with Crippen LogP contribution in [0.1, 0.15) is 12.5 Å². The molecule has 0 spiro atoms. The number of anilines is 1. The first-order chi connectivity index (χ1) is 7.50. The molecule has 0 saturated heterocycles. The summed E-state index contributed by atoms with van der Waals surface area (Å²) in [4.78, 5) is 13.3. The van der Waals surface area contributed by atoms with E-state index in [0.717, 1.165) is 5.56 Å². The van der Waals surface area contributed by atoms with Gasteiger partial charge in [-0.05, 0) is 18.6 Å². The molecule has 0 saturated carbocycles. The first-order valence-corrected chi connectivity index (χ1v) is 5.26. The number of hydrogen-bond acceptors (Lipinski definition) is 3. The molecule has 0 heterocycles. The van der Waals surface area contributed by atoms with E-state index in [0.29, 0.717) is 12.2 Å². The number of aliphatic hydroxyl groups excluding tert-OH is 1. The van der Waals surface area contributed by atoms with Gasteiger partial charge in [0.05, 0.1) is 12.5 Å². The van der Waals surface area contributed by atoms with Crippen LogP contribution in [0.25, 0.3) is 0 Å². The van der Waals surface area contributed by atoms with Gasteiger partial charge in [0.1, 0.15) is 0 Å². The Balaban J connectivity index is 2.61. The average Bonchev–Trinajstić information content (AvgIpc) is 2.20. The predicted octanol–water partition coefficient (Wildman–Crippen LogP) is 0.650. The molecular formula is C12H18N2O2. The van der Waals surface area contributed by atoms with Crippen LogP contribution in [0.2, 0.25) is 0 Å². The fourth-order valence-corrected chi connectivity index (χ4v) is 1.49. The Morgan fingerprint density at radius 2 is 2.12 bits per heavy atom. The second kappa shape index (κ2) is 5.51. The van der Waals surface area contributed by atoms with Gasteiger partial charge in [-0.15, -0.1) is 0 Å². The van der Waals surface area contributed by atoms with Crippen LogP contribution >= 0.6 is 0 Å². The molecule has 0 aromatic heterocycles. The largest absolute Gasteiger partial charge is 0.398 e. The molecule has 0 aliphatic rings. The topological polar surface area (TPSA) is 66.6 Å². The van der Waals surface area contributed by atoms with Gasteiger partial charge in [0.15, 0.2) is 0 Å². The maximum Gasteiger partial charge on any atom is 0.226 e. The average molecular weight is 222 g/mol. The summed E-state index contributed by atoms with van der Waals surface area (Å²) in [7, 11) is 1.67. The lowest BCUT2D eigenvalue weighted by atomic mass is 10.1. The quantitative estimate of drug-likeness (QED) is 0.735. The highest BCUT2D eigenvalue weighted by Gasteiger charge is 2.12. The Kier molecular flexibility index (Phi) is 4.31. The van der Waals surface area contributed by atoms with Crippen molar-refractivity contribution < 1.29 is 9.90 Å². The van der Waals surface area contributed by atoms with Gasteiger partial charge in [-0.3, -0.25) is 4.79 Å². The van der Waals surface area contributed by atoms with Crippen LogP contribution in [-0.2, 0) is 11.2 Å². The number of nitrogens with zero attached hydrogens (tertiary/aromatic N) is 1. The summed E-state index contributed by atoms with van der Waals surface area (Å²) in [6, 6.07) is 7.30. The van der Waals surface area contributed by atoms with Crippen molar-refractivity contribution in [3.05, 3.63) is 29.8 Å². The monoisotopic (exact) mass is 222 g/mol. The third kappa shape index (κ3) is 3.55. The third-order valence-electron chi connectivity index (χ3n) is 2.36. The molecule has 1 aromatic carbocycles. The molecule has 3 N–H and O–H groups in total. The van der Waals surface area contributed by atoms with Crippen LogP contribution < -0.4 is 5.73 Å². The van der Waals surface area contributed by atoms with Crippen molar-refractivity contribution in [2.24, 2.45) is 0 Å². The minimum Gasteiger partial charge on any atom is -0.398 e. The number of carbonyl (C=O) groups excluding carboxylic acids is 1. The van der Waals surface area contributed by atoms with E-state index in [1.165, 1.54) is 4.90 Å². The molecule has 88 valence electrons. The van der Waals surface area contributed by atoms with Crippen molar-refractivity contribution in [3.8, 4) is 0 Å². The van der Waals surface area contributed by atoms with Crippen LogP contribution in [0.5, 0.6) is 0 Å². The van der Waals surface area contributed by atoms with Crippen molar-refractivity contribution >= 4 is 11.6 Å². The standard InChI is InChI=1S/C12H18N2O2/c1-9(15)8-14(2)12(16)7-10-5-3-4-6-11(10)13/h3-6,9,15H,7-8,13H2,1-2H3. The van der Waals surface area contributed by atoms with Gasteiger partial charge in [0, 0.05) is 19.3 Å². The van der Waals surface area contributed by atoms with E-state index in [1.54, 1.807) is 20.0 Å². The third-order valence-corrected chi connectivity index (χ3v) is 2.36. The molecule has 1 rings (SSSR count). The van der Waals surface area contributed by atoms with Gasteiger partial charge in [-0.25, -0.2) is 0 Å². The summed E-state index contributed by atoms with van der Waals surface area (Å²) >= 11 is 0. The lowest BCUT2D eigenvalue weighted by Gasteiger charge is -2.19. The number of nitrogen functional groups attached to an aromatic ring is 1. The van der Waals surface area contributed by atoms with Crippen LogP contribution in [0, 0.1) is 0 Å². The molecule has 0 fully saturated rings. The number of rotatable bonds is 4. The van der Waals surface area contributed by atoms with Crippen LogP contribution in [0.4, 0.5) is 5.69 Å². The van der Waals surface area contributed by atoms with Crippen molar-refractivity contribution in [1.29, 1.82) is 0 Å². The zero-order valence-electron chi connectivity index (χ0n) is 9.68. The summed E-state index contributed by atoms with van der Waals surface area (Å²) in [6.45, 7) is 1.99. The van der Waals surface area contributed by atoms with Crippen molar-refractivity contribution in [1.82, 2.24) is 4.90 Å². The first kappa shape index (κ1) is 12.5. The number of benzene rings is 1. The summed E-state index contributed by atoms with van der Waals surface area (Å²) < 4.78 is 0. The van der Waals surface area contributed by atoms with Gasteiger partial charge < -0.3 is 15.7 Å². The highest BCUT2D eigenvalue weighted by atomic mass is 16.3. The lowest BCUT2D eigenvalue weighted by Crippen LogP contribution is -2.34. The Morgan fingerprint density at radius 3 is 2.69 bits per heavy atom. The van der Waals surface area contributed by atoms with E-state index in [9.17, 15) is 9.90 Å². The van der Waals surface area contributed by atoms with E-state index in [4.69, 9.17) is 5.73 Å². The number of aliphatic hydroxyl groups is 1. The van der Waals surface area contributed by atoms with E-state index in [-0.39, 0.29) is 12.3 Å². The Hall–Kier alpha value is -1.55. The fraction of sp³-hybridized carbons (Fsp3) is 0.417. The van der Waals surface area contributed by atoms with Crippen LogP contribution in [0.3, 0.4) is 0 Å². The highest BCUT2D eigenvalue weighted by Crippen LogP contribution is 2.12. The molecule has 1 amide bonds. The number of amides is 1. The molecule has 0 bridgehead atoms.